The molecular formula is C22H23N3O2S2. The molecule has 3 aromatic rings. The number of aryl methyl sites for hydroxylation is 2. The highest BCUT2D eigenvalue weighted by molar-refractivity contribution is 7.14. The van der Waals surface area contributed by atoms with Crippen LogP contribution in [-0.4, -0.2) is 34.8 Å². The summed E-state index contributed by atoms with van der Waals surface area (Å²) in [5, 5.41) is 7.44. The van der Waals surface area contributed by atoms with Crippen molar-refractivity contribution in [1.82, 2.24) is 9.88 Å². The lowest BCUT2D eigenvalue weighted by atomic mass is 9.97. The molecule has 2 aromatic heterocycles. The first-order valence-electron chi connectivity index (χ1n) is 9.68. The van der Waals surface area contributed by atoms with Crippen LogP contribution >= 0.6 is 22.7 Å². The first kappa shape index (κ1) is 19.8. The molecule has 2 amide bonds. The van der Waals surface area contributed by atoms with Gasteiger partial charge in [0, 0.05) is 24.0 Å². The standard InChI is InChI=1S/C22H23N3O2S2/c1-14-7-8-17(15(2)11-14)18-13-29-22(23-18)24-20(26)16-5-3-9-25(12-16)21(27)19-6-4-10-28-19/h4,6-8,10-11,13,16H,3,5,9,12H2,1-2H3,(H,23,24,26). The molecule has 1 aromatic carbocycles. The Morgan fingerprint density at radius 2 is 2.07 bits per heavy atom. The molecule has 0 spiro atoms. The zero-order valence-corrected chi connectivity index (χ0v) is 18.1. The normalized spacial score (nSPS) is 16.6. The molecule has 1 saturated heterocycles. The zero-order chi connectivity index (χ0) is 20.4. The molecule has 3 heterocycles. The number of thiophene rings is 1. The van der Waals surface area contributed by atoms with Gasteiger partial charge in [0.2, 0.25) is 5.91 Å². The Kier molecular flexibility index (Phi) is 5.78. The van der Waals surface area contributed by atoms with Crippen LogP contribution in [0.25, 0.3) is 11.3 Å². The molecule has 1 unspecified atom stereocenters. The van der Waals surface area contributed by atoms with Gasteiger partial charge >= 0.3 is 0 Å². The van der Waals surface area contributed by atoms with E-state index in [-0.39, 0.29) is 17.7 Å². The lowest BCUT2D eigenvalue weighted by Gasteiger charge is -2.31. The van der Waals surface area contributed by atoms with Crippen molar-refractivity contribution in [2.75, 3.05) is 18.4 Å². The highest BCUT2D eigenvalue weighted by atomic mass is 32.1. The number of aromatic nitrogens is 1. The second-order valence-electron chi connectivity index (χ2n) is 7.41. The summed E-state index contributed by atoms with van der Waals surface area (Å²) in [6, 6.07) is 9.98. The van der Waals surface area contributed by atoms with Gasteiger partial charge in [0.1, 0.15) is 0 Å². The van der Waals surface area contributed by atoms with Crippen molar-refractivity contribution in [3.63, 3.8) is 0 Å². The Morgan fingerprint density at radius 1 is 1.21 bits per heavy atom. The number of carbonyl (C=O) groups excluding carboxylic acids is 2. The number of piperidine rings is 1. The fraction of sp³-hybridized carbons (Fsp3) is 0.318. The van der Waals surface area contributed by atoms with Crippen LogP contribution in [0.4, 0.5) is 5.13 Å². The van der Waals surface area contributed by atoms with Gasteiger partial charge < -0.3 is 10.2 Å². The van der Waals surface area contributed by atoms with Crippen molar-refractivity contribution < 1.29 is 9.59 Å². The topological polar surface area (TPSA) is 62.3 Å². The number of likely N-dealkylation sites (tertiary alicyclic amines) is 1. The van der Waals surface area contributed by atoms with E-state index in [1.54, 1.807) is 4.90 Å². The summed E-state index contributed by atoms with van der Waals surface area (Å²) in [5.41, 5.74) is 4.34. The summed E-state index contributed by atoms with van der Waals surface area (Å²) in [6.07, 6.45) is 1.62. The van der Waals surface area contributed by atoms with Crippen molar-refractivity contribution in [2.45, 2.75) is 26.7 Å². The lowest BCUT2D eigenvalue weighted by Crippen LogP contribution is -2.43. The largest absolute Gasteiger partial charge is 0.337 e. The van der Waals surface area contributed by atoms with Gasteiger partial charge in [0.25, 0.3) is 5.91 Å². The quantitative estimate of drug-likeness (QED) is 0.641. The average Bonchev–Trinajstić information content (AvgIpc) is 3.40. The van der Waals surface area contributed by atoms with Gasteiger partial charge in [-0.25, -0.2) is 4.98 Å². The Balaban J connectivity index is 1.41. The molecule has 4 rings (SSSR count). The van der Waals surface area contributed by atoms with Crippen LogP contribution in [0, 0.1) is 19.8 Å². The van der Waals surface area contributed by atoms with Crippen LogP contribution in [0.15, 0.2) is 41.1 Å². The van der Waals surface area contributed by atoms with Gasteiger partial charge in [-0.2, -0.15) is 0 Å². The second-order valence-corrected chi connectivity index (χ2v) is 9.22. The maximum atomic E-state index is 12.8. The summed E-state index contributed by atoms with van der Waals surface area (Å²) < 4.78 is 0. The van der Waals surface area contributed by atoms with E-state index in [4.69, 9.17) is 0 Å². The fourth-order valence-corrected chi connectivity index (χ4v) is 5.10. The molecule has 0 aliphatic carbocycles. The maximum absolute atomic E-state index is 12.8. The van der Waals surface area contributed by atoms with E-state index < -0.39 is 0 Å². The van der Waals surface area contributed by atoms with Crippen LogP contribution in [0.2, 0.25) is 0 Å². The van der Waals surface area contributed by atoms with Crippen molar-refractivity contribution in [2.24, 2.45) is 5.92 Å². The molecule has 1 atom stereocenters. The van der Waals surface area contributed by atoms with Crippen LogP contribution < -0.4 is 5.32 Å². The molecule has 0 bridgehead atoms. The Hall–Kier alpha value is -2.51. The molecule has 0 radical (unpaired) electrons. The van der Waals surface area contributed by atoms with E-state index in [1.807, 2.05) is 22.9 Å². The summed E-state index contributed by atoms with van der Waals surface area (Å²) in [7, 11) is 0. The van der Waals surface area contributed by atoms with Gasteiger partial charge in [-0.1, -0.05) is 29.8 Å². The van der Waals surface area contributed by atoms with E-state index in [2.05, 4.69) is 42.3 Å². The van der Waals surface area contributed by atoms with E-state index >= 15 is 0 Å². The van der Waals surface area contributed by atoms with Gasteiger partial charge in [-0.05, 0) is 43.7 Å². The third-order valence-electron chi connectivity index (χ3n) is 5.20. The minimum Gasteiger partial charge on any atom is -0.337 e. The summed E-state index contributed by atoms with van der Waals surface area (Å²) >= 11 is 2.87. The van der Waals surface area contributed by atoms with E-state index in [0.717, 1.165) is 29.0 Å². The van der Waals surface area contributed by atoms with Gasteiger partial charge in [0.15, 0.2) is 5.13 Å². The van der Waals surface area contributed by atoms with Crippen LogP contribution in [0.3, 0.4) is 0 Å². The van der Waals surface area contributed by atoms with Crippen LogP contribution in [-0.2, 0) is 4.79 Å². The van der Waals surface area contributed by atoms with Gasteiger partial charge in [-0.15, -0.1) is 22.7 Å². The second kappa shape index (κ2) is 8.47. The van der Waals surface area contributed by atoms with Crippen molar-refractivity contribution >= 4 is 39.6 Å². The molecule has 1 fully saturated rings. The Morgan fingerprint density at radius 3 is 2.83 bits per heavy atom. The molecule has 5 nitrogen and oxygen atoms in total. The molecular weight excluding hydrogens is 402 g/mol. The lowest BCUT2D eigenvalue weighted by molar-refractivity contribution is -0.121. The highest BCUT2D eigenvalue weighted by Crippen LogP contribution is 2.29. The number of nitrogens with zero attached hydrogens (tertiary/aromatic N) is 2. The number of amides is 2. The number of nitrogens with one attached hydrogen (secondary N) is 1. The van der Waals surface area contributed by atoms with Crippen molar-refractivity contribution in [3.05, 3.63) is 57.1 Å². The summed E-state index contributed by atoms with van der Waals surface area (Å²) in [4.78, 5) is 32.5. The van der Waals surface area contributed by atoms with Crippen LogP contribution in [0.5, 0.6) is 0 Å². The minimum absolute atomic E-state index is 0.0175. The molecule has 1 aliphatic heterocycles. The summed E-state index contributed by atoms with van der Waals surface area (Å²) in [5.74, 6) is -0.250. The van der Waals surface area contributed by atoms with E-state index in [9.17, 15) is 9.59 Å². The van der Waals surface area contributed by atoms with Crippen LogP contribution in [0.1, 0.15) is 33.6 Å². The first-order chi connectivity index (χ1) is 14.0. The number of thiazole rings is 1. The van der Waals surface area contributed by atoms with E-state index in [1.165, 1.54) is 33.8 Å². The monoisotopic (exact) mass is 425 g/mol. The van der Waals surface area contributed by atoms with Gasteiger partial charge in [-0.3, -0.25) is 9.59 Å². The van der Waals surface area contributed by atoms with E-state index in [0.29, 0.717) is 18.2 Å². The van der Waals surface area contributed by atoms with Crippen molar-refractivity contribution in [3.8, 4) is 11.3 Å². The third kappa shape index (κ3) is 4.41. The number of carbonyl (C=O) groups is 2. The summed E-state index contributed by atoms with van der Waals surface area (Å²) in [6.45, 7) is 5.30. The Labute approximate surface area is 178 Å². The molecule has 1 N–H and O–H groups in total. The zero-order valence-electron chi connectivity index (χ0n) is 16.5. The Bertz CT molecular complexity index is 1030. The molecule has 1 aliphatic rings. The smallest absolute Gasteiger partial charge is 0.263 e. The third-order valence-corrected chi connectivity index (χ3v) is 6.82. The highest BCUT2D eigenvalue weighted by Gasteiger charge is 2.29. The van der Waals surface area contributed by atoms with Crippen molar-refractivity contribution in [1.29, 1.82) is 0 Å². The minimum atomic E-state index is -0.207. The molecule has 7 heteroatoms. The molecule has 0 saturated carbocycles. The maximum Gasteiger partial charge on any atom is 0.263 e. The fourth-order valence-electron chi connectivity index (χ4n) is 3.69. The number of hydrogen-bond acceptors (Lipinski definition) is 5. The number of anilines is 1. The first-order valence-corrected chi connectivity index (χ1v) is 11.4. The number of rotatable bonds is 4. The number of benzene rings is 1. The van der Waals surface area contributed by atoms with Gasteiger partial charge in [0.05, 0.1) is 16.5 Å². The average molecular weight is 426 g/mol. The predicted octanol–water partition coefficient (Wildman–Crippen LogP) is 4.98. The predicted molar refractivity (Wildman–Crippen MR) is 119 cm³/mol. The number of hydrogen-bond donors (Lipinski definition) is 1. The molecule has 150 valence electrons. The SMILES string of the molecule is Cc1ccc(-c2csc(NC(=O)C3CCCN(C(=O)c4cccs4)C3)n2)c(C)c1. The molecule has 29 heavy (non-hydrogen) atoms.